The minimum Gasteiger partial charge on any atom is -0.486 e. The largest absolute Gasteiger partial charge is 0.486 e. The molecule has 0 fully saturated rings. The third kappa shape index (κ3) is 11.8. The first-order valence-corrected chi connectivity index (χ1v) is 13.8. The lowest BCUT2D eigenvalue weighted by atomic mass is 10.0. The van der Waals surface area contributed by atoms with E-state index >= 15 is 0 Å². The summed E-state index contributed by atoms with van der Waals surface area (Å²) in [5.41, 5.74) is 2.80. The Morgan fingerprint density at radius 3 is 2.39 bits per heavy atom. The van der Waals surface area contributed by atoms with Gasteiger partial charge < -0.3 is 20.1 Å². The van der Waals surface area contributed by atoms with Crippen LogP contribution in [0.3, 0.4) is 0 Å². The molecule has 2 aromatic carbocycles. The highest BCUT2D eigenvalue weighted by Gasteiger charge is 2.23. The minimum atomic E-state index is -0.510. The number of rotatable bonds is 16. The van der Waals surface area contributed by atoms with Crippen LogP contribution in [0.1, 0.15) is 77.0 Å². The zero-order valence-electron chi connectivity index (χ0n) is 24.1. The molecule has 1 amide bonds. The van der Waals surface area contributed by atoms with Gasteiger partial charge >= 0.3 is 0 Å². The van der Waals surface area contributed by atoms with Gasteiger partial charge in [0.2, 0.25) is 5.91 Å². The summed E-state index contributed by atoms with van der Waals surface area (Å²) in [5, 5.41) is 6.47. The molecule has 0 heterocycles. The molecule has 0 aliphatic carbocycles. The van der Waals surface area contributed by atoms with Gasteiger partial charge in [-0.15, -0.1) is 0 Å². The van der Waals surface area contributed by atoms with Crippen LogP contribution in [0.15, 0.2) is 60.5 Å². The lowest BCUT2D eigenvalue weighted by Crippen LogP contribution is -2.46. The number of amides is 1. The van der Waals surface area contributed by atoms with E-state index in [1.54, 1.807) is 0 Å². The van der Waals surface area contributed by atoms with Crippen molar-refractivity contribution in [2.75, 3.05) is 13.2 Å². The van der Waals surface area contributed by atoms with Crippen molar-refractivity contribution in [2.24, 2.45) is 0 Å². The van der Waals surface area contributed by atoms with Gasteiger partial charge in [-0.2, -0.15) is 0 Å². The number of carbonyl (C=O) groups is 2. The highest BCUT2D eigenvalue weighted by molar-refractivity contribution is 5.82. The maximum Gasteiger partial charge on any atom is 0.242 e. The molecule has 0 aliphatic rings. The Morgan fingerprint density at radius 2 is 1.76 bits per heavy atom. The molecule has 38 heavy (non-hydrogen) atoms. The Hall–Kier alpha value is -3.28. The molecule has 2 rings (SSSR count). The summed E-state index contributed by atoms with van der Waals surface area (Å²) in [6.45, 7) is 12.6. The monoisotopic (exact) mass is 522 g/mol. The van der Waals surface area contributed by atoms with Gasteiger partial charge in [0, 0.05) is 19.4 Å². The second-order valence-electron chi connectivity index (χ2n) is 10.6. The summed E-state index contributed by atoms with van der Waals surface area (Å²) >= 11 is 0. The van der Waals surface area contributed by atoms with Gasteiger partial charge in [0.15, 0.2) is 11.7 Å². The van der Waals surface area contributed by atoms with Crippen LogP contribution >= 0.6 is 0 Å². The Labute approximate surface area is 229 Å². The Bertz CT molecular complexity index is 1040. The van der Waals surface area contributed by atoms with Crippen molar-refractivity contribution >= 4 is 11.7 Å². The van der Waals surface area contributed by atoms with E-state index in [0.29, 0.717) is 31.0 Å². The Kier molecular flexibility index (Phi) is 12.9. The highest BCUT2D eigenvalue weighted by atomic mass is 16.5. The Balaban J connectivity index is 2.10. The van der Waals surface area contributed by atoms with Crippen molar-refractivity contribution in [3.05, 3.63) is 77.2 Å². The summed E-state index contributed by atoms with van der Waals surface area (Å²) in [7, 11) is 0. The van der Waals surface area contributed by atoms with E-state index in [9.17, 15) is 9.59 Å². The number of Topliss-reactive ketones (excluding diaryl/α,β-unsaturated/α-hetero) is 1. The van der Waals surface area contributed by atoms with E-state index in [1.807, 2.05) is 84.0 Å². The molecule has 6 heteroatoms. The topological polar surface area (TPSA) is 76.7 Å². The number of carbonyl (C=O) groups excluding carboxylic acids is 2. The molecular formula is C32H46N2O4. The van der Waals surface area contributed by atoms with E-state index < -0.39 is 11.6 Å². The molecule has 0 bridgehead atoms. The molecule has 0 radical (unpaired) electrons. The SMILES string of the molecule is CC/C=C(/NC(Cc1ccc(OCC(=O)CCC)c(C)c1)C(=O)NCCCc1ccccc1)OC(C)(C)C. The molecule has 1 atom stereocenters. The number of hydrogen-bond donors (Lipinski definition) is 2. The fourth-order valence-corrected chi connectivity index (χ4v) is 4.04. The van der Waals surface area contributed by atoms with Crippen molar-refractivity contribution in [1.29, 1.82) is 0 Å². The number of nitrogens with one attached hydrogen (secondary N) is 2. The van der Waals surface area contributed by atoms with Crippen LogP contribution in [-0.4, -0.2) is 36.5 Å². The number of ether oxygens (including phenoxy) is 2. The normalized spacial score (nSPS) is 12.5. The van der Waals surface area contributed by atoms with E-state index in [4.69, 9.17) is 9.47 Å². The fraction of sp³-hybridized carbons (Fsp3) is 0.500. The molecule has 0 saturated heterocycles. The summed E-state index contributed by atoms with van der Waals surface area (Å²) in [6, 6.07) is 15.6. The second-order valence-corrected chi connectivity index (χ2v) is 10.6. The number of hydrogen-bond acceptors (Lipinski definition) is 5. The van der Waals surface area contributed by atoms with Crippen molar-refractivity contribution in [1.82, 2.24) is 10.6 Å². The van der Waals surface area contributed by atoms with Crippen LogP contribution in [0.4, 0.5) is 0 Å². The third-order valence-corrected chi connectivity index (χ3v) is 5.82. The standard InChI is InChI=1S/C32H46N2O4/c1-7-13-27(35)23-37-29-19-18-26(21-24(29)3)22-28(34-30(14-8-2)38-32(4,5)6)31(36)33-20-12-17-25-15-10-9-11-16-25/h9-11,14-16,18-19,21,28,34H,7-8,12-13,17,20,22-23H2,1-6H3,(H,33,36)/b30-14-. The smallest absolute Gasteiger partial charge is 0.242 e. The highest BCUT2D eigenvalue weighted by Crippen LogP contribution is 2.21. The summed E-state index contributed by atoms with van der Waals surface area (Å²) in [6.07, 6.45) is 6.35. The fourth-order valence-electron chi connectivity index (χ4n) is 4.04. The van der Waals surface area contributed by atoms with Crippen LogP contribution in [0.2, 0.25) is 0 Å². The summed E-state index contributed by atoms with van der Waals surface area (Å²) < 4.78 is 11.9. The molecule has 0 saturated carbocycles. The van der Waals surface area contributed by atoms with Crippen molar-refractivity contribution in [2.45, 2.75) is 91.7 Å². The first-order valence-electron chi connectivity index (χ1n) is 13.8. The lowest BCUT2D eigenvalue weighted by molar-refractivity contribution is -0.123. The van der Waals surface area contributed by atoms with E-state index in [0.717, 1.165) is 36.8 Å². The van der Waals surface area contributed by atoms with Crippen LogP contribution in [0, 0.1) is 6.92 Å². The molecule has 208 valence electrons. The average Bonchev–Trinajstić information content (AvgIpc) is 2.85. The molecule has 1 unspecified atom stereocenters. The average molecular weight is 523 g/mol. The molecule has 0 aliphatic heterocycles. The van der Waals surface area contributed by atoms with Gasteiger partial charge in [-0.3, -0.25) is 9.59 Å². The van der Waals surface area contributed by atoms with Crippen molar-refractivity contribution in [3.8, 4) is 5.75 Å². The molecule has 2 aromatic rings. The predicted molar refractivity (Wildman–Crippen MR) is 154 cm³/mol. The second kappa shape index (κ2) is 15.9. The zero-order valence-corrected chi connectivity index (χ0v) is 24.1. The summed E-state index contributed by atoms with van der Waals surface area (Å²) in [5.74, 6) is 1.32. The molecule has 0 spiro atoms. The quantitative estimate of drug-likeness (QED) is 0.207. The number of allylic oxidation sites excluding steroid dienone is 1. The zero-order chi connectivity index (χ0) is 28.0. The van der Waals surface area contributed by atoms with Gasteiger partial charge in [0.1, 0.15) is 24.0 Å². The molecule has 0 aromatic heterocycles. The van der Waals surface area contributed by atoms with Gasteiger partial charge in [-0.1, -0.05) is 56.3 Å². The first kappa shape index (κ1) is 30.9. The van der Waals surface area contributed by atoms with Crippen LogP contribution in [0.25, 0.3) is 0 Å². The van der Waals surface area contributed by atoms with E-state index in [1.165, 1.54) is 5.56 Å². The van der Waals surface area contributed by atoms with Gasteiger partial charge in [-0.25, -0.2) is 0 Å². The number of ketones is 1. The van der Waals surface area contributed by atoms with Crippen LogP contribution < -0.4 is 15.4 Å². The van der Waals surface area contributed by atoms with E-state index in [2.05, 4.69) is 22.8 Å². The molecule has 2 N–H and O–H groups in total. The van der Waals surface area contributed by atoms with Crippen LogP contribution in [0.5, 0.6) is 5.75 Å². The van der Waals surface area contributed by atoms with Crippen molar-refractivity contribution < 1.29 is 19.1 Å². The van der Waals surface area contributed by atoms with Gasteiger partial charge in [0.25, 0.3) is 0 Å². The Morgan fingerprint density at radius 1 is 1.03 bits per heavy atom. The minimum absolute atomic E-state index is 0.0688. The molecule has 6 nitrogen and oxygen atoms in total. The maximum atomic E-state index is 13.3. The summed E-state index contributed by atoms with van der Waals surface area (Å²) in [4.78, 5) is 25.2. The van der Waals surface area contributed by atoms with E-state index in [-0.39, 0.29) is 18.3 Å². The number of benzene rings is 2. The van der Waals surface area contributed by atoms with Crippen LogP contribution in [-0.2, 0) is 27.2 Å². The van der Waals surface area contributed by atoms with Gasteiger partial charge in [0.05, 0.1) is 0 Å². The molecular weight excluding hydrogens is 476 g/mol. The first-order chi connectivity index (χ1) is 18.1. The number of aryl methyl sites for hydroxylation is 2. The van der Waals surface area contributed by atoms with Crippen molar-refractivity contribution in [3.63, 3.8) is 0 Å². The maximum absolute atomic E-state index is 13.3. The third-order valence-electron chi connectivity index (χ3n) is 5.82. The lowest BCUT2D eigenvalue weighted by Gasteiger charge is -2.27. The van der Waals surface area contributed by atoms with Gasteiger partial charge in [-0.05, 0) is 82.2 Å². The predicted octanol–water partition coefficient (Wildman–Crippen LogP) is 6.06.